The van der Waals surface area contributed by atoms with Gasteiger partial charge in [-0.3, -0.25) is 0 Å². The summed E-state index contributed by atoms with van der Waals surface area (Å²) in [6.45, 7) is 0. The van der Waals surface area contributed by atoms with Crippen molar-refractivity contribution < 1.29 is 62.2 Å². The standard InChI is InChI=1S/C14H6F12O2/c15-7(9(17)18)3-1-5(27-13(25)11(21)22)4(8(16)10(19)20)2-6(3)28-14(26)12(23)24/h1-2,11-14H. The lowest BCUT2D eigenvalue weighted by Gasteiger charge is -2.18. The van der Waals surface area contributed by atoms with E-state index < -0.39 is 72.0 Å². The van der Waals surface area contributed by atoms with Crippen molar-refractivity contribution in [3.05, 3.63) is 35.4 Å². The first kappa shape index (κ1) is 23.5. The van der Waals surface area contributed by atoms with Crippen LogP contribution in [0.15, 0.2) is 24.3 Å². The van der Waals surface area contributed by atoms with Crippen LogP contribution in [0.2, 0.25) is 0 Å². The third-order valence-corrected chi connectivity index (χ3v) is 2.76. The molecule has 1 aromatic carbocycles. The van der Waals surface area contributed by atoms with Crippen LogP contribution in [-0.2, 0) is 0 Å². The fourth-order valence-electron chi connectivity index (χ4n) is 1.65. The molecule has 0 aliphatic rings. The van der Waals surface area contributed by atoms with Crippen LogP contribution in [0.1, 0.15) is 11.1 Å². The van der Waals surface area contributed by atoms with Crippen LogP contribution in [-0.4, -0.2) is 25.6 Å². The Bertz CT molecular complexity index is 689. The SMILES string of the molecule is FC(F)=C(F)c1cc(OC(F)C(F)F)c(C(F)=C(F)F)cc1OC(F)C(F)F. The number of hydrogen-bond donors (Lipinski definition) is 0. The van der Waals surface area contributed by atoms with E-state index in [0.717, 1.165) is 0 Å². The minimum Gasteiger partial charge on any atom is -0.454 e. The topological polar surface area (TPSA) is 18.5 Å². The molecule has 1 rings (SSSR count). The van der Waals surface area contributed by atoms with Crippen molar-refractivity contribution in [2.45, 2.75) is 25.6 Å². The molecule has 158 valence electrons. The summed E-state index contributed by atoms with van der Waals surface area (Å²) in [7, 11) is 0. The molecular formula is C14H6F12O2. The molecule has 0 amide bonds. The fraction of sp³-hybridized carbons (Fsp3) is 0.286. The summed E-state index contributed by atoms with van der Waals surface area (Å²) in [5.41, 5.74) is -3.37. The van der Waals surface area contributed by atoms with E-state index in [4.69, 9.17) is 0 Å². The maximum atomic E-state index is 13.5. The molecule has 2 unspecified atom stereocenters. The van der Waals surface area contributed by atoms with E-state index in [9.17, 15) is 52.7 Å². The van der Waals surface area contributed by atoms with E-state index >= 15 is 0 Å². The Morgan fingerprint density at radius 3 is 1.07 bits per heavy atom. The van der Waals surface area contributed by atoms with Crippen LogP contribution in [0.5, 0.6) is 11.5 Å². The van der Waals surface area contributed by atoms with Crippen molar-refractivity contribution in [1.29, 1.82) is 0 Å². The molecule has 1 aromatic rings. The second-order valence-corrected chi connectivity index (χ2v) is 4.60. The molecule has 0 spiro atoms. The Morgan fingerprint density at radius 1 is 0.571 bits per heavy atom. The van der Waals surface area contributed by atoms with E-state index in [0.29, 0.717) is 0 Å². The zero-order chi connectivity index (χ0) is 21.8. The van der Waals surface area contributed by atoms with Crippen LogP contribution in [0, 0.1) is 0 Å². The van der Waals surface area contributed by atoms with Crippen molar-refractivity contribution in [2.75, 3.05) is 0 Å². The second-order valence-electron chi connectivity index (χ2n) is 4.60. The Labute approximate surface area is 147 Å². The predicted octanol–water partition coefficient (Wildman–Crippen LogP) is 6.63. The van der Waals surface area contributed by atoms with Gasteiger partial charge < -0.3 is 9.47 Å². The first-order chi connectivity index (χ1) is 12.9. The Morgan fingerprint density at radius 2 is 0.857 bits per heavy atom. The van der Waals surface area contributed by atoms with Crippen molar-refractivity contribution in [3.8, 4) is 11.5 Å². The summed E-state index contributed by atoms with van der Waals surface area (Å²) in [5.74, 6) is -8.54. The minimum absolute atomic E-state index is 0.227. The molecule has 0 N–H and O–H groups in total. The third kappa shape index (κ3) is 5.73. The highest BCUT2D eigenvalue weighted by Gasteiger charge is 2.30. The predicted molar refractivity (Wildman–Crippen MR) is 70.0 cm³/mol. The number of hydrogen-bond acceptors (Lipinski definition) is 2. The normalized spacial score (nSPS) is 13.4. The van der Waals surface area contributed by atoms with E-state index in [-0.39, 0.29) is 12.1 Å². The van der Waals surface area contributed by atoms with Gasteiger partial charge in [-0.15, -0.1) is 0 Å². The molecule has 0 fully saturated rings. The van der Waals surface area contributed by atoms with Gasteiger partial charge >= 0.3 is 25.0 Å². The average Bonchev–Trinajstić information content (AvgIpc) is 2.60. The molecule has 0 bridgehead atoms. The number of rotatable bonds is 8. The second kappa shape index (κ2) is 9.59. The average molecular weight is 434 g/mol. The molecule has 0 aromatic heterocycles. The zero-order valence-electron chi connectivity index (χ0n) is 12.8. The highest BCUT2D eigenvalue weighted by Crippen LogP contribution is 2.41. The van der Waals surface area contributed by atoms with Gasteiger partial charge in [-0.05, 0) is 12.1 Å². The molecule has 2 atom stereocenters. The van der Waals surface area contributed by atoms with E-state index in [1.165, 1.54) is 0 Å². The van der Waals surface area contributed by atoms with Crippen molar-refractivity contribution >= 4 is 11.7 Å². The van der Waals surface area contributed by atoms with Crippen LogP contribution in [0.4, 0.5) is 52.7 Å². The van der Waals surface area contributed by atoms with Crippen LogP contribution < -0.4 is 9.47 Å². The van der Waals surface area contributed by atoms with E-state index in [2.05, 4.69) is 9.47 Å². The summed E-state index contributed by atoms with van der Waals surface area (Å²) < 4.78 is 159. The molecule has 28 heavy (non-hydrogen) atoms. The molecule has 0 radical (unpaired) electrons. The van der Waals surface area contributed by atoms with Gasteiger partial charge in [0.05, 0.1) is 11.1 Å². The molecule has 0 heterocycles. The lowest BCUT2D eigenvalue weighted by atomic mass is 10.1. The highest BCUT2D eigenvalue weighted by atomic mass is 19.3. The Kier molecular flexibility index (Phi) is 8.05. The molecule has 14 heteroatoms. The minimum atomic E-state index is -3.93. The number of alkyl halides is 6. The first-order valence-corrected chi connectivity index (χ1v) is 6.64. The van der Waals surface area contributed by atoms with Crippen molar-refractivity contribution in [3.63, 3.8) is 0 Å². The molecule has 0 saturated heterocycles. The number of halogens is 12. The lowest BCUT2D eigenvalue weighted by Crippen LogP contribution is -2.21. The Balaban J connectivity index is 3.73. The summed E-state index contributed by atoms with van der Waals surface area (Å²) in [6.07, 6.45) is -21.4. The monoisotopic (exact) mass is 434 g/mol. The highest BCUT2D eigenvalue weighted by molar-refractivity contribution is 5.75. The fourth-order valence-corrected chi connectivity index (χ4v) is 1.65. The van der Waals surface area contributed by atoms with E-state index in [1.54, 1.807) is 0 Å². The van der Waals surface area contributed by atoms with Crippen LogP contribution in [0.25, 0.3) is 11.7 Å². The number of ether oxygens (including phenoxy) is 2. The maximum absolute atomic E-state index is 13.5. The Hall–Kier alpha value is -2.54. The molecular weight excluding hydrogens is 428 g/mol. The van der Waals surface area contributed by atoms with Gasteiger partial charge in [-0.25, -0.2) is 26.3 Å². The van der Waals surface area contributed by atoms with Crippen LogP contribution in [0.3, 0.4) is 0 Å². The van der Waals surface area contributed by atoms with Gasteiger partial charge in [0.25, 0.3) is 12.7 Å². The quantitative estimate of drug-likeness (QED) is 0.428. The van der Waals surface area contributed by atoms with Gasteiger partial charge in [0.15, 0.2) is 11.7 Å². The lowest BCUT2D eigenvalue weighted by molar-refractivity contribution is -0.0689. The summed E-state index contributed by atoms with van der Waals surface area (Å²) in [6, 6.07) is -0.455. The van der Waals surface area contributed by atoms with Crippen molar-refractivity contribution in [1.82, 2.24) is 0 Å². The van der Waals surface area contributed by atoms with Gasteiger partial charge in [-0.2, -0.15) is 26.3 Å². The zero-order valence-corrected chi connectivity index (χ0v) is 12.8. The number of benzene rings is 1. The van der Waals surface area contributed by atoms with Gasteiger partial charge in [-0.1, -0.05) is 0 Å². The summed E-state index contributed by atoms with van der Waals surface area (Å²) in [4.78, 5) is 0. The van der Waals surface area contributed by atoms with E-state index in [1.807, 2.05) is 0 Å². The van der Waals surface area contributed by atoms with Crippen LogP contribution >= 0.6 is 0 Å². The summed E-state index contributed by atoms with van der Waals surface area (Å²) in [5, 5.41) is 0. The smallest absolute Gasteiger partial charge is 0.306 e. The molecule has 0 saturated carbocycles. The van der Waals surface area contributed by atoms with Crippen molar-refractivity contribution in [2.24, 2.45) is 0 Å². The molecule has 0 aliphatic carbocycles. The largest absolute Gasteiger partial charge is 0.454 e. The van der Waals surface area contributed by atoms with Gasteiger partial charge in [0, 0.05) is 0 Å². The first-order valence-electron chi connectivity index (χ1n) is 6.64. The molecule has 2 nitrogen and oxygen atoms in total. The maximum Gasteiger partial charge on any atom is 0.306 e. The van der Waals surface area contributed by atoms with Gasteiger partial charge in [0.1, 0.15) is 11.5 Å². The third-order valence-electron chi connectivity index (χ3n) is 2.76. The van der Waals surface area contributed by atoms with Gasteiger partial charge in [0.2, 0.25) is 0 Å². The molecule has 0 aliphatic heterocycles. The summed E-state index contributed by atoms with van der Waals surface area (Å²) >= 11 is 0.